The van der Waals surface area contributed by atoms with Crippen LogP contribution >= 0.6 is 23.2 Å². The monoisotopic (exact) mass is 555 g/mol. The molecule has 4 rings (SSSR count). The summed E-state index contributed by atoms with van der Waals surface area (Å²) in [5, 5.41) is 11.8. The number of aliphatic hydroxyl groups excluding tert-OH is 1. The number of amides is 1. The zero-order valence-corrected chi connectivity index (χ0v) is 22.2. The minimum absolute atomic E-state index is 0.0381. The van der Waals surface area contributed by atoms with Crippen molar-refractivity contribution in [2.75, 3.05) is 25.7 Å². The summed E-state index contributed by atoms with van der Waals surface area (Å²) in [5.41, 5.74) is 0.732. The number of aliphatic hydroxyl groups is 1. The number of esters is 1. The number of halogens is 2. The van der Waals surface area contributed by atoms with Gasteiger partial charge in [-0.05, 0) is 55.0 Å². The van der Waals surface area contributed by atoms with Gasteiger partial charge in [-0.25, -0.2) is 4.79 Å². The van der Waals surface area contributed by atoms with E-state index < -0.39 is 29.5 Å². The third-order valence-electron chi connectivity index (χ3n) is 5.96. The SMILES string of the molecule is CCOC(=O)c1cccc(N2C(=O)C(=O)/C(=C(/O)c3cc(Cl)cc(Cl)c3OC)C2c2cccc(OC)c2)c1. The van der Waals surface area contributed by atoms with E-state index in [1.54, 1.807) is 43.3 Å². The Bertz CT molecular complexity index is 1470. The highest BCUT2D eigenvalue weighted by Crippen LogP contribution is 2.45. The van der Waals surface area contributed by atoms with Crippen LogP contribution in [0.25, 0.3) is 5.76 Å². The summed E-state index contributed by atoms with van der Waals surface area (Å²) in [6, 6.07) is 14.6. The molecule has 1 saturated heterocycles. The molecule has 0 bridgehead atoms. The summed E-state index contributed by atoms with van der Waals surface area (Å²) in [6.45, 7) is 1.85. The Labute approximate surface area is 228 Å². The van der Waals surface area contributed by atoms with E-state index in [1.165, 1.54) is 43.4 Å². The first-order valence-corrected chi connectivity index (χ1v) is 12.2. The van der Waals surface area contributed by atoms with E-state index in [-0.39, 0.29) is 44.8 Å². The van der Waals surface area contributed by atoms with Gasteiger partial charge in [-0.3, -0.25) is 14.5 Å². The molecule has 1 unspecified atom stereocenters. The van der Waals surface area contributed by atoms with Gasteiger partial charge in [0, 0.05) is 10.7 Å². The number of Topliss-reactive ketones (excluding diaryl/α,β-unsaturated/α-hetero) is 1. The Morgan fingerprint density at radius 2 is 1.74 bits per heavy atom. The molecule has 1 aliphatic rings. The maximum absolute atomic E-state index is 13.5. The summed E-state index contributed by atoms with van der Waals surface area (Å²) >= 11 is 12.5. The fourth-order valence-corrected chi connectivity index (χ4v) is 4.88. The average molecular weight is 556 g/mol. The van der Waals surface area contributed by atoms with Gasteiger partial charge in [0.25, 0.3) is 11.7 Å². The molecule has 0 radical (unpaired) electrons. The molecule has 0 saturated carbocycles. The number of nitrogens with zero attached hydrogens (tertiary/aromatic N) is 1. The maximum Gasteiger partial charge on any atom is 0.338 e. The number of hydrogen-bond acceptors (Lipinski definition) is 7. The van der Waals surface area contributed by atoms with E-state index in [0.717, 1.165) is 0 Å². The average Bonchev–Trinajstić information content (AvgIpc) is 3.18. The van der Waals surface area contributed by atoms with E-state index in [9.17, 15) is 19.5 Å². The van der Waals surface area contributed by atoms with E-state index >= 15 is 0 Å². The van der Waals surface area contributed by atoms with Crippen molar-refractivity contribution in [3.05, 3.63) is 93.0 Å². The quantitative estimate of drug-likeness (QED) is 0.170. The van der Waals surface area contributed by atoms with Gasteiger partial charge in [0.2, 0.25) is 0 Å². The van der Waals surface area contributed by atoms with E-state index in [1.807, 2.05) is 0 Å². The lowest BCUT2D eigenvalue weighted by Crippen LogP contribution is -2.29. The summed E-state index contributed by atoms with van der Waals surface area (Å²) in [5.74, 6) is -2.42. The molecular weight excluding hydrogens is 533 g/mol. The maximum atomic E-state index is 13.5. The predicted octanol–water partition coefficient (Wildman–Crippen LogP) is 5.81. The van der Waals surface area contributed by atoms with Crippen LogP contribution in [0.4, 0.5) is 5.69 Å². The number of carbonyl (C=O) groups is 3. The van der Waals surface area contributed by atoms with Gasteiger partial charge in [0.15, 0.2) is 0 Å². The van der Waals surface area contributed by atoms with Crippen LogP contribution in [0.3, 0.4) is 0 Å². The lowest BCUT2D eigenvalue weighted by Gasteiger charge is -2.26. The number of benzene rings is 3. The second-order valence-electron chi connectivity index (χ2n) is 8.18. The van der Waals surface area contributed by atoms with Crippen molar-refractivity contribution in [1.29, 1.82) is 0 Å². The van der Waals surface area contributed by atoms with Gasteiger partial charge >= 0.3 is 5.97 Å². The van der Waals surface area contributed by atoms with Gasteiger partial charge in [0.1, 0.15) is 17.3 Å². The third-order valence-corrected chi connectivity index (χ3v) is 6.46. The molecule has 1 amide bonds. The molecule has 1 atom stereocenters. The lowest BCUT2D eigenvalue weighted by atomic mass is 9.94. The zero-order chi connectivity index (χ0) is 27.6. The molecule has 1 fully saturated rings. The molecule has 38 heavy (non-hydrogen) atoms. The second kappa shape index (κ2) is 11.2. The molecule has 1 N–H and O–H groups in total. The van der Waals surface area contributed by atoms with Crippen molar-refractivity contribution in [2.24, 2.45) is 0 Å². The molecule has 8 nitrogen and oxygen atoms in total. The van der Waals surface area contributed by atoms with E-state index in [2.05, 4.69) is 0 Å². The fourth-order valence-electron chi connectivity index (χ4n) is 4.31. The molecule has 0 aromatic heterocycles. The van der Waals surface area contributed by atoms with Crippen molar-refractivity contribution >= 4 is 52.3 Å². The molecule has 10 heteroatoms. The van der Waals surface area contributed by atoms with Crippen LogP contribution in [0.1, 0.15) is 34.5 Å². The van der Waals surface area contributed by atoms with Crippen LogP contribution in [0.15, 0.2) is 66.2 Å². The molecule has 1 aliphatic heterocycles. The van der Waals surface area contributed by atoms with E-state index in [0.29, 0.717) is 11.3 Å². The highest BCUT2D eigenvalue weighted by Gasteiger charge is 2.47. The van der Waals surface area contributed by atoms with Crippen LogP contribution in [-0.4, -0.2) is 43.6 Å². The molecule has 196 valence electrons. The minimum atomic E-state index is -1.09. The third kappa shape index (κ3) is 4.92. The van der Waals surface area contributed by atoms with Crippen molar-refractivity contribution in [1.82, 2.24) is 0 Å². The normalized spacial score (nSPS) is 16.4. The van der Waals surface area contributed by atoms with Crippen LogP contribution in [0.5, 0.6) is 11.5 Å². The number of ether oxygens (including phenoxy) is 3. The molecule has 0 spiro atoms. The Morgan fingerprint density at radius 1 is 1.00 bits per heavy atom. The summed E-state index contributed by atoms with van der Waals surface area (Å²) in [4.78, 5) is 40.6. The van der Waals surface area contributed by atoms with Crippen LogP contribution in [-0.2, 0) is 14.3 Å². The van der Waals surface area contributed by atoms with Crippen molar-refractivity contribution in [3.8, 4) is 11.5 Å². The van der Waals surface area contributed by atoms with Gasteiger partial charge in [-0.15, -0.1) is 0 Å². The molecule has 3 aromatic rings. The van der Waals surface area contributed by atoms with Crippen LogP contribution in [0.2, 0.25) is 10.0 Å². The molecule has 1 heterocycles. The molecule has 0 aliphatic carbocycles. The smallest absolute Gasteiger partial charge is 0.338 e. The topological polar surface area (TPSA) is 102 Å². The Hall–Kier alpha value is -4.01. The number of carbonyl (C=O) groups excluding carboxylic acids is 3. The van der Waals surface area contributed by atoms with Crippen molar-refractivity contribution < 1.29 is 33.7 Å². The van der Waals surface area contributed by atoms with Crippen molar-refractivity contribution in [3.63, 3.8) is 0 Å². The number of ketones is 1. The molecular formula is C28H23Cl2NO7. The second-order valence-corrected chi connectivity index (χ2v) is 9.03. The highest BCUT2D eigenvalue weighted by atomic mass is 35.5. The largest absolute Gasteiger partial charge is 0.507 e. The number of hydrogen-bond donors (Lipinski definition) is 1. The number of rotatable bonds is 7. The first kappa shape index (κ1) is 27.0. The lowest BCUT2D eigenvalue weighted by molar-refractivity contribution is -0.132. The van der Waals surface area contributed by atoms with E-state index in [4.69, 9.17) is 37.4 Å². The Balaban J connectivity index is 1.99. The van der Waals surface area contributed by atoms with Crippen LogP contribution in [0, 0.1) is 0 Å². The predicted molar refractivity (Wildman–Crippen MR) is 143 cm³/mol. The van der Waals surface area contributed by atoms with Crippen molar-refractivity contribution in [2.45, 2.75) is 13.0 Å². The molecule has 3 aromatic carbocycles. The summed E-state index contributed by atoms with van der Waals surface area (Å²) in [6.07, 6.45) is 0. The van der Waals surface area contributed by atoms with Crippen LogP contribution < -0.4 is 14.4 Å². The standard InChI is InChI=1S/C28H23Cl2NO7/c1-4-38-28(35)16-8-5-9-18(11-16)31-23(15-7-6-10-19(12-15)36-2)22(25(33)27(31)34)24(32)20-13-17(29)14-21(30)26(20)37-3/h5-14,23,32H,4H2,1-3H3/b24-22+. The zero-order valence-electron chi connectivity index (χ0n) is 20.7. The Kier molecular flexibility index (Phi) is 7.94. The number of methoxy groups -OCH3 is 2. The minimum Gasteiger partial charge on any atom is -0.507 e. The fraction of sp³-hybridized carbons (Fsp3) is 0.179. The number of anilines is 1. The first-order valence-electron chi connectivity index (χ1n) is 11.5. The van der Waals surface area contributed by atoms with Gasteiger partial charge < -0.3 is 19.3 Å². The summed E-state index contributed by atoms with van der Waals surface area (Å²) in [7, 11) is 2.84. The first-order chi connectivity index (χ1) is 18.2. The van der Waals surface area contributed by atoms with Gasteiger partial charge in [0.05, 0.1) is 48.6 Å². The van der Waals surface area contributed by atoms with Gasteiger partial charge in [-0.2, -0.15) is 0 Å². The highest BCUT2D eigenvalue weighted by molar-refractivity contribution is 6.52. The summed E-state index contributed by atoms with van der Waals surface area (Å²) < 4.78 is 15.8. The van der Waals surface area contributed by atoms with Gasteiger partial charge in [-0.1, -0.05) is 41.4 Å². The Morgan fingerprint density at radius 3 is 2.42 bits per heavy atom.